The molecular weight excluding hydrogens is 434 g/mol. The molecule has 5 nitrogen and oxygen atoms in total. The zero-order valence-electron chi connectivity index (χ0n) is 17.4. The monoisotopic (exact) mass is 458 g/mol. The molecule has 1 heterocycles. The molecule has 32 heavy (non-hydrogen) atoms. The summed E-state index contributed by atoms with van der Waals surface area (Å²) in [5.41, 5.74) is 0.963. The van der Waals surface area contributed by atoms with Gasteiger partial charge in [-0.25, -0.2) is 13.8 Å². The summed E-state index contributed by atoms with van der Waals surface area (Å²) in [5.74, 6) is -1.84. The van der Waals surface area contributed by atoms with Gasteiger partial charge in [-0.2, -0.15) is 0 Å². The number of carbonyl (C=O) groups is 1. The van der Waals surface area contributed by atoms with Crippen molar-refractivity contribution in [3.05, 3.63) is 64.5 Å². The highest BCUT2D eigenvalue weighted by Gasteiger charge is 2.26. The first-order chi connectivity index (χ1) is 15.4. The van der Waals surface area contributed by atoms with E-state index in [4.69, 9.17) is 5.11 Å². The molecule has 1 aliphatic carbocycles. The number of para-hydroxylation sites is 1. The molecule has 0 atom stereocenters. The number of aromatic hydroxyl groups is 1. The SMILES string of the molecule is O=C(O)C1CCC(CNc2nc(-c3ccccc3O)c(Cc3c(F)cccc3F)s2)CC1. The zero-order valence-corrected chi connectivity index (χ0v) is 18.2. The van der Waals surface area contributed by atoms with Crippen molar-refractivity contribution in [2.75, 3.05) is 11.9 Å². The number of aliphatic carboxylic acids is 1. The molecule has 0 amide bonds. The van der Waals surface area contributed by atoms with Gasteiger partial charge >= 0.3 is 5.97 Å². The number of nitrogens with zero attached hydrogens (tertiary/aromatic N) is 1. The Morgan fingerprint density at radius 3 is 2.41 bits per heavy atom. The molecule has 4 rings (SSSR count). The van der Waals surface area contributed by atoms with Crippen molar-refractivity contribution in [3.63, 3.8) is 0 Å². The molecule has 0 spiro atoms. The van der Waals surface area contributed by atoms with Gasteiger partial charge in [0.25, 0.3) is 0 Å². The third kappa shape index (κ3) is 4.91. The van der Waals surface area contributed by atoms with Crippen molar-refractivity contribution in [1.82, 2.24) is 4.98 Å². The number of carboxylic acids is 1. The van der Waals surface area contributed by atoms with Gasteiger partial charge < -0.3 is 15.5 Å². The fourth-order valence-corrected chi connectivity index (χ4v) is 5.13. The maximum atomic E-state index is 14.3. The maximum absolute atomic E-state index is 14.3. The van der Waals surface area contributed by atoms with Crippen LogP contribution < -0.4 is 5.32 Å². The number of halogens is 2. The van der Waals surface area contributed by atoms with Crippen molar-refractivity contribution in [2.24, 2.45) is 11.8 Å². The number of phenolic OH excluding ortho intramolecular Hbond substituents is 1. The summed E-state index contributed by atoms with van der Waals surface area (Å²) >= 11 is 1.31. The summed E-state index contributed by atoms with van der Waals surface area (Å²) in [4.78, 5) is 16.4. The van der Waals surface area contributed by atoms with E-state index in [-0.39, 0.29) is 23.7 Å². The van der Waals surface area contributed by atoms with E-state index in [1.165, 1.54) is 29.5 Å². The molecule has 0 radical (unpaired) electrons. The Bertz CT molecular complexity index is 1090. The number of thiazole rings is 1. The van der Waals surface area contributed by atoms with E-state index in [1.807, 2.05) is 0 Å². The smallest absolute Gasteiger partial charge is 0.306 e. The normalized spacial score (nSPS) is 18.4. The largest absolute Gasteiger partial charge is 0.507 e. The molecule has 1 fully saturated rings. The Hall–Kier alpha value is -3.00. The second kappa shape index (κ2) is 9.65. The van der Waals surface area contributed by atoms with Crippen molar-refractivity contribution < 1.29 is 23.8 Å². The molecule has 168 valence electrons. The van der Waals surface area contributed by atoms with Crippen LogP contribution in [0.25, 0.3) is 11.3 Å². The number of hydrogen-bond donors (Lipinski definition) is 3. The van der Waals surface area contributed by atoms with Gasteiger partial charge in [0.2, 0.25) is 0 Å². The Morgan fingerprint density at radius 1 is 1.06 bits per heavy atom. The first-order valence-corrected chi connectivity index (χ1v) is 11.4. The highest BCUT2D eigenvalue weighted by Crippen LogP contribution is 2.38. The molecule has 0 bridgehead atoms. The maximum Gasteiger partial charge on any atom is 0.306 e. The van der Waals surface area contributed by atoms with Crippen LogP contribution in [-0.4, -0.2) is 27.7 Å². The summed E-state index contributed by atoms with van der Waals surface area (Å²) in [6.07, 6.45) is 3.01. The van der Waals surface area contributed by atoms with Gasteiger partial charge in [-0.3, -0.25) is 4.79 Å². The molecule has 0 aliphatic heterocycles. The van der Waals surface area contributed by atoms with Crippen LogP contribution in [0, 0.1) is 23.5 Å². The van der Waals surface area contributed by atoms with Crippen molar-refractivity contribution >= 4 is 22.4 Å². The van der Waals surface area contributed by atoms with E-state index in [1.54, 1.807) is 24.3 Å². The molecule has 0 saturated heterocycles. The first kappa shape index (κ1) is 22.2. The van der Waals surface area contributed by atoms with Crippen molar-refractivity contribution in [2.45, 2.75) is 32.1 Å². The average Bonchev–Trinajstić information content (AvgIpc) is 3.18. The molecule has 3 N–H and O–H groups in total. The quantitative estimate of drug-likeness (QED) is 0.424. The van der Waals surface area contributed by atoms with E-state index in [9.17, 15) is 18.7 Å². The predicted octanol–water partition coefficient (Wildman–Crippen LogP) is 5.69. The summed E-state index contributed by atoms with van der Waals surface area (Å²) in [7, 11) is 0. The van der Waals surface area contributed by atoms with Crippen LogP contribution in [0.5, 0.6) is 5.75 Å². The van der Waals surface area contributed by atoms with Gasteiger partial charge in [0.05, 0.1) is 11.6 Å². The summed E-state index contributed by atoms with van der Waals surface area (Å²) < 4.78 is 28.5. The van der Waals surface area contributed by atoms with E-state index in [0.717, 1.165) is 12.8 Å². The highest BCUT2D eigenvalue weighted by atomic mass is 32.1. The van der Waals surface area contributed by atoms with Gasteiger partial charge in [-0.15, -0.1) is 11.3 Å². The topological polar surface area (TPSA) is 82.5 Å². The highest BCUT2D eigenvalue weighted by molar-refractivity contribution is 7.16. The van der Waals surface area contributed by atoms with Crippen LogP contribution in [-0.2, 0) is 11.2 Å². The summed E-state index contributed by atoms with van der Waals surface area (Å²) in [6, 6.07) is 10.5. The fraction of sp³-hybridized carbons (Fsp3) is 0.333. The third-order valence-corrected chi connectivity index (χ3v) is 7.01. The molecule has 1 aromatic heterocycles. The molecule has 8 heteroatoms. The van der Waals surface area contributed by atoms with E-state index < -0.39 is 17.6 Å². The minimum atomic E-state index is -0.728. The van der Waals surface area contributed by atoms with E-state index in [2.05, 4.69) is 10.3 Å². The lowest BCUT2D eigenvalue weighted by Crippen LogP contribution is -2.25. The number of nitrogens with one attached hydrogen (secondary N) is 1. The first-order valence-electron chi connectivity index (χ1n) is 10.6. The number of aromatic nitrogens is 1. The van der Waals surface area contributed by atoms with Crippen LogP contribution in [0.3, 0.4) is 0 Å². The standard InChI is InChI=1S/C24H24F2N2O3S/c25-18-5-3-6-19(26)17(18)12-21-22(16-4-1-2-7-20(16)29)28-24(32-21)27-13-14-8-10-15(11-9-14)23(30)31/h1-7,14-15,29H,8-13H2,(H,27,28)(H,30,31). The fourth-order valence-electron chi connectivity index (χ4n) is 4.14. The van der Waals surface area contributed by atoms with Gasteiger partial charge in [0, 0.05) is 29.0 Å². The van der Waals surface area contributed by atoms with E-state index >= 15 is 0 Å². The lowest BCUT2D eigenvalue weighted by atomic mass is 9.82. The number of benzene rings is 2. The Labute approximate surface area is 188 Å². The van der Waals surface area contributed by atoms with Crippen molar-refractivity contribution in [1.29, 1.82) is 0 Å². The van der Waals surface area contributed by atoms with Crippen LogP contribution in [0.2, 0.25) is 0 Å². The predicted molar refractivity (Wildman–Crippen MR) is 120 cm³/mol. The number of anilines is 1. The zero-order chi connectivity index (χ0) is 22.7. The van der Waals surface area contributed by atoms with Gasteiger partial charge in [0.1, 0.15) is 17.4 Å². The lowest BCUT2D eigenvalue weighted by Gasteiger charge is -2.26. The second-order valence-corrected chi connectivity index (χ2v) is 9.21. The Balaban J connectivity index is 1.56. The molecular formula is C24H24F2N2O3S. The molecule has 1 aliphatic rings. The van der Waals surface area contributed by atoms with E-state index in [0.29, 0.717) is 46.6 Å². The average molecular weight is 459 g/mol. The Kier molecular flexibility index (Phi) is 6.69. The lowest BCUT2D eigenvalue weighted by molar-refractivity contribution is -0.143. The summed E-state index contributed by atoms with van der Waals surface area (Å²) in [5, 5.41) is 23.4. The van der Waals surface area contributed by atoms with Crippen LogP contribution >= 0.6 is 11.3 Å². The summed E-state index contributed by atoms with van der Waals surface area (Å²) in [6.45, 7) is 0.646. The third-order valence-electron chi connectivity index (χ3n) is 5.99. The number of carboxylic acid groups (broad SMARTS) is 1. The minimum Gasteiger partial charge on any atom is -0.507 e. The number of phenols is 1. The van der Waals surface area contributed by atoms with Crippen LogP contribution in [0.15, 0.2) is 42.5 Å². The van der Waals surface area contributed by atoms with Crippen LogP contribution in [0.4, 0.5) is 13.9 Å². The number of rotatable bonds is 7. The van der Waals surface area contributed by atoms with Gasteiger partial charge in [-0.05, 0) is 55.9 Å². The molecule has 0 unspecified atom stereocenters. The molecule has 3 aromatic rings. The van der Waals surface area contributed by atoms with Gasteiger partial charge in [-0.1, -0.05) is 18.2 Å². The minimum absolute atomic E-state index is 0.0191. The molecule has 1 saturated carbocycles. The second-order valence-electron chi connectivity index (χ2n) is 8.12. The molecule has 2 aromatic carbocycles. The number of hydrogen-bond acceptors (Lipinski definition) is 5. The van der Waals surface area contributed by atoms with Gasteiger partial charge in [0.15, 0.2) is 5.13 Å². The Morgan fingerprint density at radius 2 is 1.75 bits per heavy atom. The van der Waals surface area contributed by atoms with Crippen molar-refractivity contribution in [3.8, 4) is 17.0 Å². The van der Waals surface area contributed by atoms with Crippen LogP contribution in [0.1, 0.15) is 36.1 Å².